The molecule has 2 aromatic rings. The van der Waals surface area contributed by atoms with Crippen LogP contribution >= 0.6 is 0 Å². The van der Waals surface area contributed by atoms with E-state index in [1.54, 1.807) is 4.90 Å². The second kappa shape index (κ2) is 16.1. The van der Waals surface area contributed by atoms with Crippen molar-refractivity contribution < 1.29 is 28.6 Å². The van der Waals surface area contributed by atoms with E-state index in [0.29, 0.717) is 63.8 Å². The standard InChI is InChI=1S/C25H34N6O4.C6H12O2/c1-5-26-23(32)27-18-8-6-17(7-9-18)21-28-20-16-31(24(33)35-25(2,3)4)11-10-19(20)22(29-21)30-12-14-34-15-13-30;1-3-5-6(7)8-4-2/h6-9H,5,10-16H2,1-4H3,(H2,26,27,32);3-5H2,1-2H3. The molecule has 2 aliphatic rings. The number of nitrogens with zero attached hydrogens (tertiary/aromatic N) is 4. The summed E-state index contributed by atoms with van der Waals surface area (Å²) in [6, 6.07) is 7.19. The molecule has 0 bridgehead atoms. The fourth-order valence-corrected chi connectivity index (χ4v) is 4.53. The van der Waals surface area contributed by atoms with Crippen LogP contribution in [0.5, 0.6) is 0 Å². The van der Waals surface area contributed by atoms with Gasteiger partial charge in [-0.2, -0.15) is 0 Å². The van der Waals surface area contributed by atoms with E-state index in [1.165, 1.54) is 0 Å². The second-order valence-electron chi connectivity index (χ2n) is 11.2. The highest BCUT2D eigenvalue weighted by atomic mass is 16.6. The highest BCUT2D eigenvalue weighted by Crippen LogP contribution is 2.31. The minimum atomic E-state index is -0.559. The molecule has 4 rings (SSSR count). The van der Waals surface area contributed by atoms with Gasteiger partial charge in [-0.3, -0.25) is 4.79 Å². The molecule has 0 atom stereocenters. The van der Waals surface area contributed by atoms with E-state index in [2.05, 4.69) is 20.3 Å². The number of esters is 1. The third kappa shape index (κ3) is 10.4. The molecule has 12 nitrogen and oxygen atoms in total. The van der Waals surface area contributed by atoms with E-state index < -0.39 is 5.60 Å². The zero-order chi connectivity index (χ0) is 31.4. The highest BCUT2D eigenvalue weighted by molar-refractivity contribution is 5.89. The first-order chi connectivity index (χ1) is 20.5. The van der Waals surface area contributed by atoms with Gasteiger partial charge in [0.25, 0.3) is 0 Å². The highest BCUT2D eigenvalue weighted by Gasteiger charge is 2.30. The maximum Gasteiger partial charge on any atom is 0.410 e. The molecule has 0 unspecified atom stereocenters. The van der Waals surface area contributed by atoms with Crippen LogP contribution in [0.3, 0.4) is 0 Å². The zero-order valence-corrected chi connectivity index (χ0v) is 26.3. The molecule has 0 saturated carbocycles. The lowest BCUT2D eigenvalue weighted by Crippen LogP contribution is -2.42. The van der Waals surface area contributed by atoms with Crippen LogP contribution in [0.4, 0.5) is 21.1 Å². The molecule has 3 amide bonds. The molecule has 236 valence electrons. The molecule has 3 heterocycles. The van der Waals surface area contributed by atoms with Crippen molar-refractivity contribution in [3.8, 4) is 11.4 Å². The first kappa shape index (κ1) is 33.6. The van der Waals surface area contributed by atoms with Gasteiger partial charge in [-0.25, -0.2) is 19.6 Å². The lowest BCUT2D eigenvalue weighted by atomic mass is 10.0. The molecule has 2 N–H and O–H groups in total. The molecular formula is C31H46N6O6. The van der Waals surface area contributed by atoms with Gasteiger partial charge in [0.1, 0.15) is 11.4 Å². The normalized spacial score (nSPS) is 14.6. The van der Waals surface area contributed by atoms with E-state index in [-0.39, 0.29) is 18.1 Å². The van der Waals surface area contributed by atoms with Gasteiger partial charge in [0.05, 0.1) is 32.1 Å². The Bertz CT molecular complexity index is 1220. The van der Waals surface area contributed by atoms with Gasteiger partial charge in [-0.05, 0) is 71.7 Å². The summed E-state index contributed by atoms with van der Waals surface area (Å²) in [4.78, 5) is 48.7. The van der Waals surface area contributed by atoms with Crippen molar-refractivity contribution in [2.45, 2.75) is 73.0 Å². The average Bonchev–Trinajstić information content (AvgIpc) is 2.97. The number of urea groups is 1. The summed E-state index contributed by atoms with van der Waals surface area (Å²) >= 11 is 0. The van der Waals surface area contributed by atoms with E-state index >= 15 is 0 Å². The molecular weight excluding hydrogens is 552 g/mol. The largest absolute Gasteiger partial charge is 0.466 e. The number of hydrogen-bond acceptors (Lipinski definition) is 9. The predicted octanol–water partition coefficient (Wildman–Crippen LogP) is 4.76. The summed E-state index contributed by atoms with van der Waals surface area (Å²) in [5.41, 5.74) is 2.86. The van der Waals surface area contributed by atoms with Gasteiger partial charge in [0.2, 0.25) is 0 Å². The molecule has 1 saturated heterocycles. The van der Waals surface area contributed by atoms with Crippen molar-refractivity contribution in [2.24, 2.45) is 0 Å². The van der Waals surface area contributed by atoms with Crippen molar-refractivity contribution >= 4 is 29.6 Å². The zero-order valence-electron chi connectivity index (χ0n) is 26.3. The lowest BCUT2D eigenvalue weighted by molar-refractivity contribution is -0.143. The van der Waals surface area contributed by atoms with Crippen LogP contribution in [0.2, 0.25) is 0 Å². The number of benzene rings is 1. The van der Waals surface area contributed by atoms with Crippen molar-refractivity contribution in [1.29, 1.82) is 0 Å². The minimum absolute atomic E-state index is 0.0880. The molecule has 2 aliphatic heterocycles. The average molecular weight is 599 g/mol. The van der Waals surface area contributed by atoms with Crippen molar-refractivity contribution in [1.82, 2.24) is 20.2 Å². The number of nitrogens with one attached hydrogen (secondary N) is 2. The fourth-order valence-electron chi connectivity index (χ4n) is 4.53. The van der Waals surface area contributed by atoms with Crippen molar-refractivity contribution in [3.63, 3.8) is 0 Å². The van der Waals surface area contributed by atoms with Crippen LogP contribution in [-0.4, -0.2) is 84.6 Å². The van der Waals surface area contributed by atoms with Crippen LogP contribution in [-0.2, 0) is 32.0 Å². The van der Waals surface area contributed by atoms with Crippen molar-refractivity contribution in [2.75, 3.05) is 56.2 Å². The SMILES string of the molecule is CCCC(=O)OCC.CCNC(=O)Nc1ccc(-c2nc3c(c(N4CCOCC4)n2)CCN(C(=O)OC(C)(C)C)C3)cc1. The van der Waals surface area contributed by atoms with Crippen LogP contribution in [0, 0.1) is 0 Å². The van der Waals surface area contributed by atoms with Gasteiger partial charge >= 0.3 is 18.1 Å². The van der Waals surface area contributed by atoms with Crippen LogP contribution in [0.15, 0.2) is 24.3 Å². The fraction of sp³-hybridized carbons (Fsp3) is 0.581. The Balaban J connectivity index is 0.000000557. The second-order valence-corrected chi connectivity index (χ2v) is 11.2. The number of ether oxygens (including phenoxy) is 3. The Morgan fingerprint density at radius 2 is 1.70 bits per heavy atom. The summed E-state index contributed by atoms with van der Waals surface area (Å²) < 4.78 is 15.8. The number of amides is 3. The number of anilines is 2. The Labute approximate surface area is 254 Å². The van der Waals surface area contributed by atoms with Gasteiger partial charge in [-0.15, -0.1) is 0 Å². The molecule has 0 radical (unpaired) electrons. The molecule has 0 aliphatic carbocycles. The van der Waals surface area contributed by atoms with Gasteiger partial charge < -0.3 is 34.6 Å². The maximum absolute atomic E-state index is 12.7. The van der Waals surface area contributed by atoms with Crippen LogP contribution in [0.1, 0.15) is 65.6 Å². The third-order valence-corrected chi connectivity index (χ3v) is 6.50. The number of morpholine rings is 1. The minimum Gasteiger partial charge on any atom is -0.466 e. The summed E-state index contributed by atoms with van der Waals surface area (Å²) in [5.74, 6) is 1.40. The van der Waals surface area contributed by atoms with Gasteiger partial charge in [0, 0.05) is 49.4 Å². The summed E-state index contributed by atoms with van der Waals surface area (Å²) in [6.07, 6.45) is 1.75. The number of aromatic nitrogens is 2. The Morgan fingerprint density at radius 3 is 2.30 bits per heavy atom. The Hall–Kier alpha value is -3.93. The van der Waals surface area contributed by atoms with Crippen LogP contribution < -0.4 is 15.5 Å². The van der Waals surface area contributed by atoms with E-state index in [1.807, 2.05) is 65.8 Å². The smallest absolute Gasteiger partial charge is 0.410 e. The monoisotopic (exact) mass is 598 g/mol. The molecule has 0 spiro atoms. The number of fused-ring (bicyclic) bond motifs is 1. The predicted molar refractivity (Wildman–Crippen MR) is 165 cm³/mol. The van der Waals surface area contributed by atoms with Crippen LogP contribution in [0.25, 0.3) is 11.4 Å². The molecule has 43 heavy (non-hydrogen) atoms. The van der Waals surface area contributed by atoms with Crippen molar-refractivity contribution in [3.05, 3.63) is 35.5 Å². The summed E-state index contributed by atoms with van der Waals surface area (Å²) in [5, 5.41) is 5.51. The first-order valence-corrected chi connectivity index (χ1v) is 15.1. The number of hydrogen-bond donors (Lipinski definition) is 2. The topological polar surface area (TPSA) is 135 Å². The van der Waals surface area contributed by atoms with E-state index in [9.17, 15) is 14.4 Å². The number of rotatable bonds is 7. The molecule has 1 fully saturated rings. The number of carbonyl (C=O) groups excluding carboxylic acids is 3. The van der Waals surface area contributed by atoms with E-state index in [0.717, 1.165) is 42.1 Å². The van der Waals surface area contributed by atoms with Gasteiger partial charge in [0.15, 0.2) is 5.82 Å². The Kier molecular flexibility index (Phi) is 12.5. The maximum atomic E-state index is 12.7. The molecule has 1 aromatic heterocycles. The van der Waals surface area contributed by atoms with E-state index in [4.69, 9.17) is 19.4 Å². The summed E-state index contributed by atoms with van der Waals surface area (Å²) in [6.45, 7) is 16.0. The molecule has 1 aromatic carbocycles. The number of carbonyl (C=O) groups is 3. The third-order valence-electron chi connectivity index (χ3n) is 6.50. The first-order valence-electron chi connectivity index (χ1n) is 15.1. The quantitative estimate of drug-likeness (QED) is 0.432. The lowest BCUT2D eigenvalue weighted by Gasteiger charge is -2.34. The Morgan fingerprint density at radius 1 is 1.00 bits per heavy atom. The van der Waals surface area contributed by atoms with Gasteiger partial charge in [-0.1, -0.05) is 6.92 Å². The summed E-state index contributed by atoms with van der Waals surface area (Å²) in [7, 11) is 0. The molecule has 12 heteroatoms.